The van der Waals surface area contributed by atoms with Gasteiger partial charge in [-0.1, -0.05) is 0 Å². The average Bonchev–Trinajstić information content (AvgIpc) is 2.87. The van der Waals surface area contributed by atoms with Gasteiger partial charge < -0.3 is 5.32 Å². The van der Waals surface area contributed by atoms with E-state index in [-0.39, 0.29) is 0 Å². The molecular weight excluding hydrogens is 230 g/mol. The zero-order valence-corrected chi connectivity index (χ0v) is 10.2. The fourth-order valence-electron chi connectivity index (χ4n) is 1.52. The standard InChI is InChI=1S/C11H13N7/c1-7-8(2)15-17-11(10(7)5-12)13-4-3-9-6-14-18-16-9/h6H,3-4H2,1-2H3,(H,13,17)(H,14,16,18). The maximum atomic E-state index is 9.12. The third kappa shape index (κ3) is 2.43. The van der Waals surface area contributed by atoms with E-state index in [1.165, 1.54) is 0 Å². The van der Waals surface area contributed by atoms with Crippen molar-refractivity contribution in [3.05, 3.63) is 28.7 Å². The molecule has 2 N–H and O–H groups in total. The molecule has 2 heterocycles. The number of anilines is 1. The maximum absolute atomic E-state index is 9.12. The topological polar surface area (TPSA) is 103 Å². The van der Waals surface area contributed by atoms with Crippen molar-refractivity contribution in [2.45, 2.75) is 20.3 Å². The molecule has 2 aromatic rings. The van der Waals surface area contributed by atoms with Crippen molar-refractivity contribution in [3.8, 4) is 6.07 Å². The summed E-state index contributed by atoms with van der Waals surface area (Å²) in [5.74, 6) is 0.518. The monoisotopic (exact) mass is 243 g/mol. The van der Waals surface area contributed by atoms with Gasteiger partial charge in [0.05, 0.1) is 17.6 Å². The lowest BCUT2D eigenvalue weighted by Crippen LogP contribution is -2.10. The van der Waals surface area contributed by atoms with E-state index < -0.39 is 0 Å². The molecule has 0 amide bonds. The smallest absolute Gasteiger partial charge is 0.166 e. The number of H-pyrrole nitrogens is 1. The number of nitrogens with zero attached hydrogens (tertiary/aromatic N) is 5. The number of rotatable bonds is 4. The molecule has 0 atom stereocenters. The van der Waals surface area contributed by atoms with Gasteiger partial charge in [-0.05, 0) is 19.4 Å². The predicted octanol–water partition coefficient (Wildman–Crippen LogP) is 0.738. The Morgan fingerprint density at radius 2 is 2.22 bits per heavy atom. The number of aromatic nitrogens is 5. The normalized spacial score (nSPS) is 10.1. The van der Waals surface area contributed by atoms with Gasteiger partial charge in [0.25, 0.3) is 0 Å². The van der Waals surface area contributed by atoms with E-state index in [4.69, 9.17) is 5.26 Å². The maximum Gasteiger partial charge on any atom is 0.166 e. The van der Waals surface area contributed by atoms with Crippen molar-refractivity contribution in [3.63, 3.8) is 0 Å². The summed E-state index contributed by atoms with van der Waals surface area (Å²) in [5, 5.41) is 30.4. The van der Waals surface area contributed by atoms with Crippen LogP contribution in [0.5, 0.6) is 0 Å². The molecule has 0 aromatic carbocycles. The molecule has 7 heteroatoms. The van der Waals surface area contributed by atoms with Crippen molar-refractivity contribution in [1.29, 1.82) is 5.26 Å². The van der Waals surface area contributed by atoms with Gasteiger partial charge in [-0.2, -0.15) is 25.8 Å². The lowest BCUT2D eigenvalue weighted by Gasteiger charge is -2.08. The van der Waals surface area contributed by atoms with Crippen LogP contribution in [-0.2, 0) is 6.42 Å². The van der Waals surface area contributed by atoms with Crippen LogP contribution in [0.2, 0.25) is 0 Å². The molecule has 0 spiro atoms. The molecule has 0 bridgehead atoms. The van der Waals surface area contributed by atoms with Crippen molar-refractivity contribution in [2.24, 2.45) is 0 Å². The Bertz CT molecular complexity index is 568. The summed E-state index contributed by atoms with van der Waals surface area (Å²) in [5.41, 5.74) is 3.03. The molecular formula is C11H13N7. The van der Waals surface area contributed by atoms with Crippen LogP contribution in [0, 0.1) is 25.2 Å². The number of nitrogens with one attached hydrogen (secondary N) is 2. The number of aryl methyl sites for hydroxylation is 1. The van der Waals surface area contributed by atoms with Crippen LogP contribution in [-0.4, -0.2) is 32.2 Å². The van der Waals surface area contributed by atoms with E-state index in [1.54, 1.807) is 6.20 Å². The molecule has 92 valence electrons. The molecule has 0 fully saturated rings. The Labute approximate surface area is 104 Å². The Morgan fingerprint density at radius 1 is 1.39 bits per heavy atom. The molecule has 2 aromatic heterocycles. The van der Waals surface area contributed by atoms with Crippen LogP contribution in [0.3, 0.4) is 0 Å². The summed E-state index contributed by atoms with van der Waals surface area (Å²) in [6.45, 7) is 4.33. The van der Waals surface area contributed by atoms with Gasteiger partial charge in [0.2, 0.25) is 0 Å². The van der Waals surface area contributed by atoms with Crippen LogP contribution in [0.25, 0.3) is 0 Å². The van der Waals surface area contributed by atoms with Crippen LogP contribution in [0.1, 0.15) is 22.5 Å². The Hall–Kier alpha value is -2.49. The fraction of sp³-hybridized carbons (Fsp3) is 0.364. The lowest BCUT2D eigenvalue weighted by molar-refractivity contribution is 0.881. The van der Waals surface area contributed by atoms with Crippen molar-refractivity contribution >= 4 is 5.82 Å². The third-order valence-corrected chi connectivity index (χ3v) is 2.70. The van der Waals surface area contributed by atoms with Crippen LogP contribution >= 0.6 is 0 Å². The third-order valence-electron chi connectivity index (χ3n) is 2.70. The molecule has 0 aliphatic heterocycles. The zero-order chi connectivity index (χ0) is 13.0. The van der Waals surface area contributed by atoms with Crippen molar-refractivity contribution < 1.29 is 0 Å². The zero-order valence-electron chi connectivity index (χ0n) is 10.2. The largest absolute Gasteiger partial charge is 0.367 e. The minimum absolute atomic E-state index is 0.518. The van der Waals surface area contributed by atoms with Crippen molar-refractivity contribution in [2.75, 3.05) is 11.9 Å². The van der Waals surface area contributed by atoms with E-state index in [0.717, 1.165) is 17.0 Å². The number of hydrogen-bond acceptors (Lipinski definition) is 6. The van der Waals surface area contributed by atoms with Gasteiger partial charge in [-0.15, -0.1) is 5.10 Å². The van der Waals surface area contributed by atoms with E-state index in [0.29, 0.717) is 24.3 Å². The molecule has 0 saturated heterocycles. The Kier molecular flexibility index (Phi) is 3.48. The molecule has 0 unspecified atom stereocenters. The second kappa shape index (κ2) is 5.23. The van der Waals surface area contributed by atoms with Gasteiger partial charge in [-0.25, -0.2) is 0 Å². The highest BCUT2D eigenvalue weighted by atomic mass is 15.3. The molecule has 0 saturated carbocycles. The summed E-state index contributed by atoms with van der Waals surface area (Å²) < 4.78 is 0. The van der Waals surface area contributed by atoms with Crippen molar-refractivity contribution in [1.82, 2.24) is 25.6 Å². The first-order valence-electron chi connectivity index (χ1n) is 5.55. The summed E-state index contributed by atoms with van der Waals surface area (Å²) in [7, 11) is 0. The minimum atomic E-state index is 0.518. The first-order valence-corrected chi connectivity index (χ1v) is 5.55. The van der Waals surface area contributed by atoms with E-state index in [1.807, 2.05) is 13.8 Å². The highest BCUT2D eigenvalue weighted by molar-refractivity contribution is 5.55. The van der Waals surface area contributed by atoms with Crippen LogP contribution in [0.15, 0.2) is 6.20 Å². The van der Waals surface area contributed by atoms with E-state index in [2.05, 4.69) is 37.0 Å². The summed E-state index contributed by atoms with van der Waals surface area (Å²) in [4.78, 5) is 0. The summed E-state index contributed by atoms with van der Waals surface area (Å²) in [6.07, 6.45) is 2.37. The minimum Gasteiger partial charge on any atom is -0.367 e. The van der Waals surface area contributed by atoms with Crippen LogP contribution in [0.4, 0.5) is 5.82 Å². The van der Waals surface area contributed by atoms with E-state index in [9.17, 15) is 0 Å². The Balaban J connectivity index is 2.06. The van der Waals surface area contributed by atoms with Crippen LogP contribution < -0.4 is 5.32 Å². The highest BCUT2D eigenvalue weighted by Crippen LogP contribution is 2.16. The molecule has 7 nitrogen and oxygen atoms in total. The van der Waals surface area contributed by atoms with Gasteiger partial charge in [0.15, 0.2) is 5.82 Å². The quantitative estimate of drug-likeness (QED) is 0.820. The number of aromatic amines is 1. The van der Waals surface area contributed by atoms with Gasteiger partial charge in [-0.3, -0.25) is 0 Å². The second-order valence-corrected chi connectivity index (χ2v) is 3.88. The SMILES string of the molecule is Cc1nnc(NCCc2cn[nH]n2)c(C#N)c1C. The van der Waals surface area contributed by atoms with Gasteiger partial charge >= 0.3 is 0 Å². The fourth-order valence-corrected chi connectivity index (χ4v) is 1.52. The Morgan fingerprint density at radius 3 is 2.89 bits per heavy atom. The lowest BCUT2D eigenvalue weighted by atomic mass is 10.1. The van der Waals surface area contributed by atoms with Gasteiger partial charge in [0, 0.05) is 13.0 Å². The summed E-state index contributed by atoms with van der Waals surface area (Å²) >= 11 is 0. The first kappa shape index (κ1) is 12.0. The molecule has 18 heavy (non-hydrogen) atoms. The van der Waals surface area contributed by atoms with E-state index >= 15 is 0 Å². The molecule has 0 radical (unpaired) electrons. The number of nitriles is 1. The summed E-state index contributed by atoms with van der Waals surface area (Å²) in [6, 6.07) is 2.15. The first-order chi connectivity index (χ1) is 8.72. The molecule has 2 rings (SSSR count). The molecule has 0 aliphatic carbocycles. The predicted molar refractivity (Wildman–Crippen MR) is 64.8 cm³/mol. The average molecular weight is 243 g/mol. The second-order valence-electron chi connectivity index (χ2n) is 3.88. The highest BCUT2D eigenvalue weighted by Gasteiger charge is 2.10. The number of hydrogen-bond donors (Lipinski definition) is 2. The molecule has 0 aliphatic rings. The van der Waals surface area contributed by atoms with Gasteiger partial charge in [0.1, 0.15) is 11.6 Å².